The first-order chi connectivity index (χ1) is 9.61. The second-order valence-corrected chi connectivity index (χ2v) is 5.86. The molecule has 4 heteroatoms. The van der Waals surface area contributed by atoms with E-state index >= 15 is 0 Å². The van der Waals surface area contributed by atoms with Crippen LogP contribution in [0.4, 0.5) is 4.39 Å². The van der Waals surface area contributed by atoms with Gasteiger partial charge in [0.05, 0.1) is 0 Å². The molecular formula is C16H16BrClFN. The van der Waals surface area contributed by atoms with Gasteiger partial charge in [-0.1, -0.05) is 52.7 Å². The molecule has 0 aliphatic carbocycles. The topological polar surface area (TPSA) is 12.0 Å². The number of likely N-dealkylation sites (N-methyl/N-ethyl adjacent to an activating group) is 1. The summed E-state index contributed by atoms with van der Waals surface area (Å²) in [5.74, 6) is -0.173. The van der Waals surface area contributed by atoms with E-state index in [0.29, 0.717) is 17.0 Å². The van der Waals surface area contributed by atoms with Gasteiger partial charge in [0.25, 0.3) is 0 Å². The van der Waals surface area contributed by atoms with Crippen molar-refractivity contribution in [3.8, 4) is 0 Å². The number of halogens is 3. The summed E-state index contributed by atoms with van der Waals surface area (Å²) in [6, 6.07) is 12.6. The van der Waals surface area contributed by atoms with Crippen molar-refractivity contribution in [3.63, 3.8) is 0 Å². The molecule has 2 rings (SSSR count). The van der Waals surface area contributed by atoms with Gasteiger partial charge >= 0.3 is 0 Å². The van der Waals surface area contributed by atoms with Crippen molar-refractivity contribution in [1.82, 2.24) is 5.32 Å². The van der Waals surface area contributed by atoms with Crippen LogP contribution in [0.2, 0.25) is 5.02 Å². The lowest BCUT2D eigenvalue weighted by molar-refractivity contribution is 0.526. The van der Waals surface area contributed by atoms with E-state index in [0.717, 1.165) is 16.6 Å². The fraction of sp³-hybridized carbons (Fsp3) is 0.250. The van der Waals surface area contributed by atoms with Crippen LogP contribution in [0.5, 0.6) is 0 Å². The average molecular weight is 357 g/mol. The first-order valence-corrected chi connectivity index (χ1v) is 7.70. The van der Waals surface area contributed by atoms with Crippen LogP contribution in [-0.2, 0) is 6.42 Å². The van der Waals surface area contributed by atoms with Crippen molar-refractivity contribution < 1.29 is 4.39 Å². The van der Waals surface area contributed by atoms with Gasteiger partial charge in [-0.15, -0.1) is 0 Å². The van der Waals surface area contributed by atoms with Gasteiger partial charge in [0.15, 0.2) is 0 Å². The Labute approximate surface area is 132 Å². The predicted octanol–water partition coefficient (Wildman–Crippen LogP) is 5.13. The first kappa shape index (κ1) is 15.5. The maximum atomic E-state index is 13.8. The molecule has 0 aliphatic heterocycles. The molecule has 106 valence electrons. The van der Waals surface area contributed by atoms with Crippen LogP contribution in [0.15, 0.2) is 46.9 Å². The standard InChI is InChI=1S/C16H16BrClFN/c1-2-20-16(9-11-5-3-4-6-15(11)19)13-10-12(18)7-8-14(13)17/h3-8,10,16,20H,2,9H2,1H3. The lowest BCUT2D eigenvalue weighted by Crippen LogP contribution is -2.23. The van der Waals surface area contributed by atoms with Crippen LogP contribution in [0.3, 0.4) is 0 Å². The molecule has 1 nitrogen and oxygen atoms in total. The molecule has 0 saturated heterocycles. The lowest BCUT2D eigenvalue weighted by atomic mass is 9.98. The number of hydrogen-bond acceptors (Lipinski definition) is 1. The average Bonchev–Trinajstić information content (AvgIpc) is 2.43. The van der Waals surface area contributed by atoms with Crippen molar-refractivity contribution >= 4 is 27.5 Å². The SMILES string of the molecule is CCNC(Cc1ccccc1F)c1cc(Cl)ccc1Br. The minimum Gasteiger partial charge on any atom is -0.310 e. The molecule has 0 radical (unpaired) electrons. The highest BCUT2D eigenvalue weighted by atomic mass is 79.9. The molecule has 2 aromatic rings. The summed E-state index contributed by atoms with van der Waals surface area (Å²) in [5, 5.41) is 4.07. The molecule has 20 heavy (non-hydrogen) atoms. The van der Waals surface area contributed by atoms with Gasteiger partial charge in [0.2, 0.25) is 0 Å². The number of benzene rings is 2. The molecule has 0 aliphatic rings. The molecule has 0 fully saturated rings. The predicted molar refractivity (Wildman–Crippen MR) is 85.7 cm³/mol. The third-order valence-electron chi connectivity index (χ3n) is 3.17. The van der Waals surface area contributed by atoms with E-state index in [-0.39, 0.29) is 11.9 Å². The number of nitrogens with one attached hydrogen (secondary N) is 1. The van der Waals surface area contributed by atoms with E-state index in [1.165, 1.54) is 6.07 Å². The van der Waals surface area contributed by atoms with E-state index in [1.807, 2.05) is 37.3 Å². The molecule has 0 bridgehead atoms. The molecule has 1 N–H and O–H groups in total. The summed E-state index contributed by atoms with van der Waals surface area (Å²) < 4.78 is 14.8. The highest BCUT2D eigenvalue weighted by Gasteiger charge is 2.16. The zero-order chi connectivity index (χ0) is 14.5. The van der Waals surface area contributed by atoms with Crippen molar-refractivity contribution in [2.75, 3.05) is 6.54 Å². The van der Waals surface area contributed by atoms with Crippen molar-refractivity contribution in [2.45, 2.75) is 19.4 Å². The summed E-state index contributed by atoms with van der Waals surface area (Å²) in [6.45, 7) is 2.84. The molecule has 0 spiro atoms. The Balaban J connectivity index is 2.32. The summed E-state index contributed by atoms with van der Waals surface area (Å²) in [6.07, 6.45) is 0.583. The molecular weight excluding hydrogens is 341 g/mol. The van der Waals surface area contributed by atoms with E-state index < -0.39 is 0 Å². The van der Waals surface area contributed by atoms with Crippen molar-refractivity contribution in [3.05, 3.63) is 68.9 Å². The fourth-order valence-electron chi connectivity index (χ4n) is 2.20. The molecule has 0 amide bonds. The third kappa shape index (κ3) is 3.81. The van der Waals surface area contributed by atoms with Crippen LogP contribution in [0.1, 0.15) is 24.1 Å². The van der Waals surface area contributed by atoms with Crippen LogP contribution < -0.4 is 5.32 Å². The van der Waals surface area contributed by atoms with Crippen molar-refractivity contribution in [2.24, 2.45) is 0 Å². The smallest absolute Gasteiger partial charge is 0.126 e. The lowest BCUT2D eigenvalue weighted by Gasteiger charge is -2.20. The number of hydrogen-bond donors (Lipinski definition) is 1. The zero-order valence-corrected chi connectivity index (χ0v) is 13.5. The van der Waals surface area contributed by atoms with Gasteiger partial charge in [0, 0.05) is 15.5 Å². The van der Waals surface area contributed by atoms with E-state index in [9.17, 15) is 4.39 Å². The van der Waals surface area contributed by atoms with Crippen LogP contribution in [0, 0.1) is 5.82 Å². The Bertz CT molecular complexity index is 588. The minimum absolute atomic E-state index is 0.0185. The van der Waals surface area contributed by atoms with E-state index in [4.69, 9.17) is 11.6 Å². The Hall–Kier alpha value is -0.900. The Kier molecular flexibility index (Phi) is 5.58. The Morgan fingerprint density at radius 1 is 1.25 bits per heavy atom. The largest absolute Gasteiger partial charge is 0.310 e. The van der Waals surface area contributed by atoms with Crippen LogP contribution >= 0.6 is 27.5 Å². The Morgan fingerprint density at radius 3 is 2.70 bits per heavy atom. The van der Waals surface area contributed by atoms with Crippen LogP contribution in [0.25, 0.3) is 0 Å². The highest BCUT2D eigenvalue weighted by Crippen LogP contribution is 2.29. The first-order valence-electron chi connectivity index (χ1n) is 6.53. The van der Waals surface area contributed by atoms with Gasteiger partial charge in [-0.2, -0.15) is 0 Å². The van der Waals surface area contributed by atoms with Gasteiger partial charge in [-0.3, -0.25) is 0 Å². The monoisotopic (exact) mass is 355 g/mol. The summed E-state index contributed by atoms with van der Waals surface area (Å²) in [4.78, 5) is 0. The maximum absolute atomic E-state index is 13.8. The van der Waals surface area contributed by atoms with E-state index in [1.54, 1.807) is 6.07 Å². The molecule has 0 aromatic heterocycles. The summed E-state index contributed by atoms with van der Waals surface area (Å²) in [5.41, 5.74) is 1.74. The van der Waals surface area contributed by atoms with Crippen molar-refractivity contribution in [1.29, 1.82) is 0 Å². The zero-order valence-electron chi connectivity index (χ0n) is 11.2. The quantitative estimate of drug-likeness (QED) is 0.782. The molecule has 0 heterocycles. The molecule has 1 unspecified atom stereocenters. The summed E-state index contributed by atoms with van der Waals surface area (Å²) >= 11 is 9.61. The second-order valence-electron chi connectivity index (χ2n) is 4.57. The number of rotatable bonds is 5. The fourth-order valence-corrected chi connectivity index (χ4v) is 2.91. The minimum atomic E-state index is -0.173. The van der Waals surface area contributed by atoms with E-state index in [2.05, 4.69) is 21.2 Å². The molecule has 1 atom stereocenters. The van der Waals surface area contributed by atoms with Gasteiger partial charge in [0.1, 0.15) is 5.82 Å². The third-order valence-corrected chi connectivity index (χ3v) is 4.12. The maximum Gasteiger partial charge on any atom is 0.126 e. The van der Waals surface area contributed by atoms with Gasteiger partial charge in [-0.05, 0) is 48.4 Å². The second kappa shape index (κ2) is 7.21. The highest BCUT2D eigenvalue weighted by molar-refractivity contribution is 9.10. The van der Waals surface area contributed by atoms with Gasteiger partial charge < -0.3 is 5.32 Å². The van der Waals surface area contributed by atoms with Crippen LogP contribution in [-0.4, -0.2) is 6.54 Å². The van der Waals surface area contributed by atoms with Gasteiger partial charge in [-0.25, -0.2) is 4.39 Å². The molecule has 2 aromatic carbocycles. The molecule has 0 saturated carbocycles. The summed E-state index contributed by atoms with van der Waals surface area (Å²) in [7, 11) is 0. The Morgan fingerprint density at radius 2 is 2.00 bits per heavy atom. The normalized spacial score (nSPS) is 12.4.